The van der Waals surface area contributed by atoms with E-state index < -0.39 is 0 Å². The van der Waals surface area contributed by atoms with Gasteiger partial charge >= 0.3 is 0 Å². The zero-order valence-corrected chi connectivity index (χ0v) is 6.88. The van der Waals surface area contributed by atoms with Crippen LogP contribution >= 0.6 is 0 Å². The Morgan fingerprint density at radius 1 is 1.25 bits per heavy atom. The van der Waals surface area contributed by atoms with Gasteiger partial charge in [-0.2, -0.15) is 0 Å². The summed E-state index contributed by atoms with van der Waals surface area (Å²) in [6.07, 6.45) is 4.75. The van der Waals surface area contributed by atoms with E-state index in [9.17, 15) is 9.59 Å². The summed E-state index contributed by atoms with van der Waals surface area (Å²) in [6.45, 7) is 0.601. The molecule has 2 rings (SSSR count). The minimum atomic E-state index is 0.115. The maximum Gasteiger partial charge on any atom is 0.227 e. The van der Waals surface area contributed by atoms with Crippen LogP contribution in [0.5, 0.6) is 0 Å². The Bertz CT molecular complexity index is 268. The molecule has 12 heavy (non-hydrogen) atoms. The van der Waals surface area contributed by atoms with Crippen LogP contribution in [0.25, 0.3) is 0 Å². The number of hydrogen-bond acceptors (Lipinski definition) is 2. The predicted molar refractivity (Wildman–Crippen MR) is 43.3 cm³/mol. The van der Waals surface area contributed by atoms with Crippen molar-refractivity contribution in [3.8, 4) is 0 Å². The van der Waals surface area contributed by atoms with Crippen LogP contribution in [0.4, 0.5) is 0 Å². The second-order valence-corrected chi connectivity index (χ2v) is 3.20. The van der Waals surface area contributed by atoms with Crippen molar-refractivity contribution in [1.29, 1.82) is 0 Å². The lowest BCUT2D eigenvalue weighted by Crippen LogP contribution is -2.25. The molecule has 0 unspecified atom stereocenters. The number of hydrogen-bond donors (Lipinski definition) is 0. The third-order valence-electron chi connectivity index (χ3n) is 2.37. The van der Waals surface area contributed by atoms with Crippen LogP contribution in [0, 0.1) is 0 Å². The summed E-state index contributed by atoms with van der Waals surface area (Å²) in [5, 5.41) is 0. The lowest BCUT2D eigenvalue weighted by atomic mass is 10.2. The van der Waals surface area contributed by atoms with E-state index in [1.54, 1.807) is 4.90 Å². The molecule has 0 aromatic heterocycles. The molecular formula is C9H11NO2. The van der Waals surface area contributed by atoms with Crippen LogP contribution in [0.1, 0.15) is 25.7 Å². The van der Waals surface area contributed by atoms with Gasteiger partial charge in [0.15, 0.2) is 5.78 Å². The highest BCUT2D eigenvalue weighted by Gasteiger charge is 2.30. The van der Waals surface area contributed by atoms with Crippen LogP contribution < -0.4 is 0 Å². The average molecular weight is 165 g/mol. The molecular weight excluding hydrogens is 154 g/mol. The van der Waals surface area contributed by atoms with E-state index in [4.69, 9.17) is 0 Å². The van der Waals surface area contributed by atoms with Crippen LogP contribution in [0.3, 0.4) is 0 Å². The normalized spacial score (nSPS) is 23.7. The Kier molecular flexibility index (Phi) is 1.71. The lowest BCUT2D eigenvalue weighted by molar-refractivity contribution is -0.129. The summed E-state index contributed by atoms with van der Waals surface area (Å²) in [7, 11) is 0. The number of Topliss-reactive ketones (excluding diaryl/α,β-unsaturated/α-hetero) is 1. The molecule has 0 radical (unpaired) electrons. The minimum Gasteiger partial charge on any atom is -0.309 e. The average Bonchev–Trinajstić information content (AvgIpc) is 2.30. The standard InChI is InChI=1S/C9H11NO2/c11-8-5-6-10-7(8)3-1-2-4-9(10)12/h3H,1-2,4-6H2. The first-order valence-corrected chi connectivity index (χ1v) is 4.33. The quantitative estimate of drug-likeness (QED) is 0.533. The van der Waals surface area contributed by atoms with Crippen molar-refractivity contribution >= 4 is 11.7 Å². The second kappa shape index (κ2) is 2.73. The molecule has 64 valence electrons. The third kappa shape index (κ3) is 1.05. The smallest absolute Gasteiger partial charge is 0.227 e. The monoisotopic (exact) mass is 165 g/mol. The van der Waals surface area contributed by atoms with E-state index in [-0.39, 0.29) is 11.7 Å². The fraction of sp³-hybridized carbons (Fsp3) is 0.556. The van der Waals surface area contributed by atoms with Gasteiger partial charge in [0.25, 0.3) is 0 Å². The largest absolute Gasteiger partial charge is 0.309 e. The van der Waals surface area contributed by atoms with E-state index in [0.29, 0.717) is 25.1 Å². The van der Waals surface area contributed by atoms with Crippen LogP contribution in [-0.2, 0) is 9.59 Å². The first-order valence-electron chi connectivity index (χ1n) is 4.33. The highest BCUT2D eigenvalue weighted by atomic mass is 16.2. The number of ketones is 1. The third-order valence-corrected chi connectivity index (χ3v) is 2.37. The maximum absolute atomic E-state index is 11.4. The van der Waals surface area contributed by atoms with E-state index >= 15 is 0 Å². The molecule has 0 atom stereocenters. The summed E-state index contributed by atoms with van der Waals surface area (Å²) in [5.41, 5.74) is 0.650. The molecule has 2 heterocycles. The molecule has 2 aliphatic rings. The summed E-state index contributed by atoms with van der Waals surface area (Å²) >= 11 is 0. The van der Waals surface area contributed by atoms with Crippen LogP contribution in [0.2, 0.25) is 0 Å². The molecule has 1 amide bonds. The zero-order valence-electron chi connectivity index (χ0n) is 6.88. The topological polar surface area (TPSA) is 37.4 Å². The van der Waals surface area contributed by atoms with Gasteiger partial charge < -0.3 is 4.90 Å². The molecule has 3 nitrogen and oxygen atoms in total. The Labute approximate surface area is 71.0 Å². The summed E-state index contributed by atoms with van der Waals surface area (Å²) in [6, 6.07) is 0. The van der Waals surface area contributed by atoms with Gasteiger partial charge in [-0.3, -0.25) is 9.59 Å². The highest BCUT2D eigenvalue weighted by molar-refractivity contribution is 6.02. The Morgan fingerprint density at radius 2 is 2.08 bits per heavy atom. The Morgan fingerprint density at radius 3 is 2.92 bits per heavy atom. The summed E-state index contributed by atoms with van der Waals surface area (Å²) in [5.74, 6) is 0.245. The number of fused-ring (bicyclic) bond motifs is 1. The molecule has 0 aromatic rings. The second-order valence-electron chi connectivity index (χ2n) is 3.20. The Hall–Kier alpha value is -1.12. The molecule has 0 aliphatic carbocycles. The van der Waals surface area contributed by atoms with E-state index in [0.717, 1.165) is 12.8 Å². The van der Waals surface area contributed by atoms with Gasteiger partial charge in [-0.15, -0.1) is 0 Å². The molecule has 0 bridgehead atoms. The first kappa shape index (κ1) is 7.53. The zero-order chi connectivity index (χ0) is 8.55. The van der Waals surface area contributed by atoms with Gasteiger partial charge in [-0.05, 0) is 12.8 Å². The van der Waals surface area contributed by atoms with Crippen molar-refractivity contribution in [3.05, 3.63) is 11.8 Å². The number of nitrogens with zero attached hydrogens (tertiary/aromatic N) is 1. The molecule has 3 heteroatoms. The van der Waals surface area contributed by atoms with Crippen molar-refractivity contribution in [3.63, 3.8) is 0 Å². The van der Waals surface area contributed by atoms with Gasteiger partial charge in [0.05, 0.1) is 5.70 Å². The van der Waals surface area contributed by atoms with Crippen LogP contribution in [-0.4, -0.2) is 23.1 Å². The van der Waals surface area contributed by atoms with Gasteiger partial charge in [0.1, 0.15) is 0 Å². The van der Waals surface area contributed by atoms with E-state index in [1.165, 1.54) is 0 Å². The summed E-state index contributed by atoms with van der Waals surface area (Å²) < 4.78 is 0. The van der Waals surface area contributed by atoms with Crippen LogP contribution in [0.15, 0.2) is 11.8 Å². The maximum atomic E-state index is 11.4. The van der Waals surface area contributed by atoms with Gasteiger partial charge in [0, 0.05) is 19.4 Å². The lowest BCUT2D eigenvalue weighted by Gasteiger charge is -2.13. The number of rotatable bonds is 0. The fourth-order valence-corrected chi connectivity index (χ4v) is 1.72. The van der Waals surface area contributed by atoms with Crippen molar-refractivity contribution in [2.45, 2.75) is 25.7 Å². The number of allylic oxidation sites excluding steroid dienone is 2. The van der Waals surface area contributed by atoms with Gasteiger partial charge in [0.2, 0.25) is 5.91 Å². The fourth-order valence-electron chi connectivity index (χ4n) is 1.72. The van der Waals surface area contributed by atoms with E-state index in [1.807, 2.05) is 6.08 Å². The van der Waals surface area contributed by atoms with Gasteiger partial charge in [-0.1, -0.05) is 6.08 Å². The number of carbonyl (C=O) groups is 2. The van der Waals surface area contributed by atoms with Crippen molar-refractivity contribution in [1.82, 2.24) is 4.90 Å². The van der Waals surface area contributed by atoms with Crippen molar-refractivity contribution in [2.24, 2.45) is 0 Å². The highest BCUT2D eigenvalue weighted by Crippen LogP contribution is 2.23. The van der Waals surface area contributed by atoms with E-state index in [2.05, 4.69) is 0 Å². The molecule has 2 aliphatic heterocycles. The molecule has 0 saturated carbocycles. The molecule has 0 spiro atoms. The molecule has 1 fully saturated rings. The van der Waals surface area contributed by atoms with Crippen molar-refractivity contribution in [2.75, 3.05) is 6.54 Å². The first-order chi connectivity index (χ1) is 5.79. The number of carbonyl (C=O) groups excluding carboxylic acids is 2. The minimum absolute atomic E-state index is 0.115. The number of amides is 1. The predicted octanol–water partition coefficient (Wildman–Crippen LogP) is 0.856. The van der Waals surface area contributed by atoms with Crippen molar-refractivity contribution < 1.29 is 9.59 Å². The summed E-state index contributed by atoms with van der Waals surface area (Å²) in [4.78, 5) is 24.3. The molecule has 0 N–H and O–H groups in total. The van der Waals surface area contributed by atoms with Gasteiger partial charge in [-0.25, -0.2) is 0 Å². The Balaban J connectivity index is 2.31. The molecule has 1 saturated heterocycles. The molecule has 0 aromatic carbocycles. The SMILES string of the molecule is O=C1CCN2C(=O)CCCC=C12.